The van der Waals surface area contributed by atoms with Gasteiger partial charge in [-0.25, -0.2) is 4.79 Å². The summed E-state index contributed by atoms with van der Waals surface area (Å²) >= 11 is 0. The Bertz CT molecular complexity index is 253. The highest BCUT2D eigenvalue weighted by molar-refractivity contribution is 5.74. The maximum Gasteiger partial charge on any atom is 0.317 e. The third kappa shape index (κ3) is 4.16. The van der Waals surface area contributed by atoms with E-state index in [0.29, 0.717) is 5.92 Å². The molecule has 1 fully saturated rings. The van der Waals surface area contributed by atoms with Gasteiger partial charge in [0.05, 0.1) is 0 Å². The maximum absolute atomic E-state index is 11.9. The van der Waals surface area contributed by atoms with E-state index in [1.54, 1.807) is 0 Å². The van der Waals surface area contributed by atoms with Crippen LogP contribution in [0, 0.1) is 11.3 Å². The molecule has 4 heteroatoms. The van der Waals surface area contributed by atoms with Gasteiger partial charge in [-0.15, -0.1) is 0 Å². The van der Waals surface area contributed by atoms with E-state index in [2.05, 4.69) is 26.1 Å². The molecule has 1 heterocycles. The van der Waals surface area contributed by atoms with E-state index in [1.807, 2.05) is 4.90 Å². The number of carbonyl (C=O) groups is 1. The first-order valence-electron chi connectivity index (χ1n) is 7.16. The zero-order chi connectivity index (χ0) is 13.6. The fraction of sp³-hybridized carbons (Fsp3) is 0.929. The van der Waals surface area contributed by atoms with Crippen molar-refractivity contribution < 1.29 is 9.90 Å². The van der Waals surface area contributed by atoms with Gasteiger partial charge in [0.15, 0.2) is 0 Å². The van der Waals surface area contributed by atoms with Crippen LogP contribution in [0.4, 0.5) is 4.79 Å². The number of hydrogen-bond acceptors (Lipinski definition) is 2. The summed E-state index contributed by atoms with van der Waals surface area (Å²) in [6.45, 7) is 8.96. The molecule has 1 saturated heterocycles. The van der Waals surface area contributed by atoms with Gasteiger partial charge in [-0.3, -0.25) is 0 Å². The molecule has 1 aliphatic rings. The van der Waals surface area contributed by atoms with Crippen LogP contribution >= 0.6 is 0 Å². The fourth-order valence-electron chi connectivity index (χ4n) is 2.39. The summed E-state index contributed by atoms with van der Waals surface area (Å²) in [5.41, 5.74) is 0.0503. The average Bonchev–Trinajstić information content (AvgIpc) is 2.38. The molecule has 0 unspecified atom stereocenters. The van der Waals surface area contributed by atoms with Crippen LogP contribution in [-0.2, 0) is 0 Å². The Kier molecular flexibility index (Phi) is 5.93. The molecule has 1 rings (SSSR count). The lowest BCUT2D eigenvalue weighted by atomic mass is 9.77. The lowest BCUT2D eigenvalue weighted by Crippen LogP contribution is -2.48. The predicted molar refractivity (Wildman–Crippen MR) is 73.5 cm³/mol. The number of aliphatic hydroxyl groups is 1. The van der Waals surface area contributed by atoms with Crippen molar-refractivity contribution >= 4 is 6.03 Å². The van der Waals surface area contributed by atoms with Gasteiger partial charge in [-0.05, 0) is 37.0 Å². The highest BCUT2D eigenvalue weighted by Gasteiger charge is 2.33. The topological polar surface area (TPSA) is 52.6 Å². The molecule has 0 aromatic rings. The van der Waals surface area contributed by atoms with E-state index in [4.69, 9.17) is 0 Å². The largest absolute Gasteiger partial charge is 0.396 e. The van der Waals surface area contributed by atoms with Crippen molar-refractivity contribution in [3.05, 3.63) is 0 Å². The number of carbonyl (C=O) groups excluding carboxylic acids is 1. The van der Waals surface area contributed by atoms with E-state index >= 15 is 0 Å². The fourth-order valence-corrected chi connectivity index (χ4v) is 2.39. The molecule has 106 valence electrons. The Labute approximate surface area is 111 Å². The number of piperidine rings is 1. The SMILES string of the molecule is CCC1(CO)CCN(C(=O)NCCC(C)C)CC1. The summed E-state index contributed by atoms with van der Waals surface area (Å²) in [7, 11) is 0. The molecule has 0 aliphatic carbocycles. The zero-order valence-electron chi connectivity index (χ0n) is 12.0. The summed E-state index contributed by atoms with van der Waals surface area (Å²) in [5, 5.41) is 12.4. The van der Waals surface area contributed by atoms with Crippen LogP contribution in [0.1, 0.15) is 46.5 Å². The summed E-state index contributed by atoms with van der Waals surface area (Å²) in [4.78, 5) is 13.8. The van der Waals surface area contributed by atoms with Crippen molar-refractivity contribution in [1.82, 2.24) is 10.2 Å². The van der Waals surface area contributed by atoms with E-state index < -0.39 is 0 Å². The normalized spacial score (nSPS) is 19.1. The minimum Gasteiger partial charge on any atom is -0.396 e. The number of rotatable bonds is 5. The van der Waals surface area contributed by atoms with Gasteiger partial charge in [0.1, 0.15) is 0 Å². The van der Waals surface area contributed by atoms with Gasteiger partial charge >= 0.3 is 6.03 Å². The molecule has 4 nitrogen and oxygen atoms in total. The molecule has 0 bridgehead atoms. The maximum atomic E-state index is 11.9. The van der Waals surface area contributed by atoms with Crippen molar-refractivity contribution in [3.63, 3.8) is 0 Å². The number of aliphatic hydroxyl groups excluding tert-OH is 1. The van der Waals surface area contributed by atoms with E-state index in [-0.39, 0.29) is 18.1 Å². The van der Waals surface area contributed by atoms with Gasteiger partial charge in [-0.1, -0.05) is 20.8 Å². The Hall–Kier alpha value is -0.770. The molecule has 0 saturated carbocycles. The number of likely N-dealkylation sites (tertiary alicyclic amines) is 1. The summed E-state index contributed by atoms with van der Waals surface area (Å²) in [6, 6.07) is 0.0540. The number of amides is 2. The molecule has 0 aromatic heterocycles. The van der Waals surface area contributed by atoms with E-state index in [0.717, 1.165) is 45.3 Å². The molecule has 0 atom stereocenters. The number of nitrogens with zero attached hydrogens (tertiary/aromatic N) is 1. The summed E-state index contributed by atoms with van der Waals surface area (Å²) in [6.07, 6.45) is 3.84. The van der Waals surface area contributed by atoms with Crippen molar-refractivity contribution in [2.24, 2.45) is 11.3 Å². The first-order chi connectivity index (χ1) is 8.53. The number of urea groups is 1. The first-order valence-corrected chi connectivity index (χ1v) is 7.16. The smallest absolute Gasteiger partial charge is 0.317 e. The highest BCUT2D eigenvalue weighted by atomic mass is 16.3. The van der Waals surface area contributed by atoms with Crippen LogP contribution in [0.3, 0.4) is 0 Å². The number of nitrogens with one attached hydrogen (secondary N) is 1. The Morgan fingerprint density at radius 1 is 1.39 bits per heavy atom. The van der Waals surface area contributed by atoms with Crippen LogP contribution in [0.25, 0.3) is 0 Å². The van der Waals surface area contributed by atoms with Gasteiger partial charge in [-0.2, -0.15) is 0 Å². The molecule has 0 spiro atoms. The van der Waals surface area contributed by atoms with E-state index in [1.165, 1.54) is 0 Å². The van der Waals surface area contributed by atoms with Crippen molar-refractivity contribution in [1.29, 1.82) is 0 Å². The first kappa shape index (κ1) is 15.3. The minimum absolute atomic E-state index is 0.0503. The van der Waals surface area contributed by atoms with Crippen molar-refractivity contribution in [3.8, 4) is 0 Å². The monoisotopic (exact) mass is 256 g/mol. The molecule has 0 radical (unpaired) electrons. The van der Waals surface area contributed by atoms with Crippen LogP contribution in [0.2, 0.25) is 0 Å². The molecular weight excluding hydrogens is 228 g/mol. The summed E-state index contributed by atoms with van der Waals surface area (Å²) < 4.78 is 0. The molecule has 1 aliphatic heterocycles. The molecular formula is C14H28N2O2. The van der Waals surface area contributed by atoms with Crippen LogP contribution in [0.15, 0.2) is 0 Å². The number of hydrogen-bond donors (Lipinski definition) is 2. The van der Waals surface area contributed by atoms with Gasteiger partial charge in [0.2, 0.25) is 0 Å². The second kappa shape index (κ2) is 6.98. The van der Waals surface area contributed by atoms with Crippen LogP contribution in [0.5, 0.6) is 0 Å². The predicted octanol–water partition coefficient (Wildman–Crippen LogP) is 2.23. The van der Waals surface area contributed by atoms with Gasteiger partial charge < -0.3 is 15.3 Å². The van der Waals surface area contributed by atoms with Crippen molar-refractivity contribution in [2.75, 3.05) is 26.2 Å². The molecule has 0 aromatic carbocycles. The quantitative estimate of drug-likeness (QED) is 0.792. The Morgan fingerprint density at radius 2 is 2.00 bits per heavy atom. The van der Waals surface area contributed by atoms with Crippen LogP contribution in [-0.4, -0.2) is 42.3 Å². The molecule has 18 heavy (non-hydrogen) atoms. The lowest BCUT2D eigenvalue weighted by molar-refractivity contribution is 0.0519. The minimum atomic E-state index is 0.0503. The van der Waals surface area contributed by atoms with E-state index in [9.17, 15) is 9.90 Å². The third-order valence-corrected chi connectivity index (χ3v) is 4.19. The summed E-state index contributed by atoms with van der Waals surface area (Å²) in [5.74, 6) is 0.619. The zero-order valence-corrected chi connectivity index (χ0v) is 12.0. The third-order valence-electron chi connectivity index (χ3n) is 4.19. The van der Waals surface area contributed by atoms with Gasteiger partial charge in [0.25, 0.3) is 0 Å². The van der Waals surface area contributed by atoms with Gasteiger partial charge in [0, 0.05) is 26.2 Å². The molecule has 2 N–H and O–H groups in total. The second-order valence-corrected chi connectivity index (χ2v) is 5.91. The average molecular weight is 256 g/mol. The second-order valence-electron chi connectivity index (χ2n) is 5.91. The molecule has 2 amide bonds. The highest BCUT2D eigenvalue weighted by Crippen LogP contribution is 2.34. The van der Waals surface area contributed by atoms with Crippen molar-refractivity contribution in [2.45, 2.75) is 46.5 Å². The Balaban J connectivity index is 2.31. The standard InChI is InChI=1S/C14H28N2O2/c1-4-14(11-17)6-9-16(10-7-14)13(18)15-8-5-12(2)3/h12,17H,4-11H2,1-3H3,(H,15,18). The Morgan fingerprint density at radius 3 is 2.44 bits per heavy atom. The van der Waals surface area contributed by atoms with Crippen LogP contribution < -0.4 is 5.32 Å². The lowest BCUT2D eigenvalue weighted by Gasteiger charge is -2.40.